The molecule has 0 radical (unpaired) electrons. The zero-order chi connectivity index (χ0) is 19.9. The van der Waals surface area contributed by atoms with E-state index in [0.29, 0.717) is 19.8 Å². The molecule has 0 spiro atoms. The van der Waals surface area contributed by atoms with Crippen molar-refractivity contribution in [1.29, 1.82) is 0 Å². The molecular formula is C22H29N3O2S2. The monoisotopic (exact) mass is 431 g/mol. The minimum atomic E-state index is 0.0177. The summed E-state index contributed by atoms with van der Waals surface area (Å²) in [7, 11) is 0. The number of nitrogens with one attached hydrogen (secondary N) is 1. The van der Waals surface area contributed by atoms with Crippen LogP contribution in [-0.2, 0) is 11.2 Å². The van der Waals surface area contributed by atoms with E-state index < -0.39 is 0 Å². The summed E-state index contributed by atoms with van der Waals surface area (Å²) >= 11 is 3.52. The number of piperidine rings is 1. The average Bonchev–Trinajstić information content (AvgIpc) is 3.28. The highest BCUT2D eigenvalue weighted by Gasteiger charge is 2.20. The van der Waals surface area contributed by atoms with Gasteiger partial charge in [0, 0.05) is 48.2 Å². The Morgan fingerprint density at radius 2 is 1.93 bits per heavy atom. The van der Waals surface area contributed by atoms with Gasteiger partial charge in [0.15, 0.2) is 0 Å². The lowest BCUT2D eigenvalue weighted by atomic mass is 10.1. The predicted octanol–water partition coefficient (Wildman–Crippen LogP) is 4.05. The Morgan fingerprint density at radius 1 is 1.10 bits per heavy atom. The van der Waals surface area contributed by atoms with Crippen LogP contribution in [0.25, 0.3) is 0 Å². The van der Waals surface area contributed by atoms with E-state index in [0.717, 1.165) is 48.7 Å². The highest BCUT2D eigenvalue weighted by atomic mass is 32.2. The van der Waals surface area contributed by atoms with E-state index >= 15 is 0 Å². The summed E-state index contributed by atoms with van der Waals surface area (Å²) < 4.78 is 7.92. The summed E-state index contributed by atoms with van der Waals surface area (Å²) in [5, 5.41) is 5.21. The maximum atomic E-state index is 13.1. The maximum absolute atomic E-state index is 13.1. The minimum Gasteiger partial charge on any atom is -0.378 e. The molecule has 5 nitrogen and oxygen atoms in total. The molecule has 7 heteroatoms. The van der Waals surface area contributed by atoms with Crippen molar-refractivity contribution in [2.45, 2.75) is 30.6 Å². The summed E-state index contributed by atoms with van der Waals surface area (Å²) in [6.45, 7) is 5.98. The molecule has 4 rings (SSSR count). The molecule has 2 fully saturated rings. The third-order valence-corrected chi connectivity index (χ3v) is 7.38. The second-order valence-electron chi connectivity index (χ2n) is 7.44. The van der Waals surface area contributed by atoms with E-state index in [4.69, 9.17) is 4.74 Å². The normalized spacial score (nSPS) is 18.0. The number of hydrogen-bond donors (Lipinski definition) is 1. The van der Waals surface area contributed by atoms with Gasteiger partial charge in [-0.25, -0.2) is 4.31 Å². The zero-order valence-electron chi connectivity index (χ0n) is 16.8. The van der Waals surface area contributed by atoms with Crippen LogP contribution in [0, 0.1) is 0 Å². The maximum Gasteiger partial charge on any atom is 0.253 e. The highest BCUT2D eigenvalue weighted by molar-refractivity contribution is 7.97. The first kappa shape index (κ1) is 20.7. The molecule has 2 saturated heterocycles. The van der Waals surface area contributed by atoms with E-state index in [-0.39, 0.29) is 5.91 Å². The minimum absolute atomic E-state index is 0.0177. The first-order valence-corrected chi connectivity index (χ1v) is 12.2. The van der Waals surface area contributed by atoms with Crippen LogP contribution in [0.5, 0.6) is 0 Å². The first-order chi connectivity index (χ1) is 14.3. The number of anilines is 1. The Labute approximate surface area is 181 Å². The van der Waals surface area contributed by atoms with Crippen LogP contribution in [0.15, 0.2) is 40.6 Å². The van der Waals surface area contributed by atoms with Crippen LogP contribution in [0.1, 0.15) is 34.5 Å². The molecule has 1 amide bonds. The van der Waals surface area contributed by atoms with Gasteiger partial charge < -0.3 is 15.0 Å². The van der Waals surface area contributed by atoms with E-state index in [1.807, 2.05) is 0 Å². The Balaban J connectivity index is 1.48. The van der Waals surface area contributed by atoms with Crippen LogP contribution in [0.4, 0.5) is 5.69 Å². The molecule has 156 valence electrons. The van der Waals surface area contributed by atoms with E-state index in [9.17, 15) is 4.79 Å². The molecule has 0 atom stereocenters. The lowest BCUT2D eigenvalue weighted by molar-refractivity contribution is 0.0952. The van der Waals surface area contributed by atoms with Gasteiger partial charge in [-0.05, 0) is 60.9 Å². The van der Waals surface area contributed by atoms with Crippen LogP contribution < -0.4 is 10.2 Å². The van der Waals surface area contributed by atoms with Crippen molar-refractivity contribution in [2.24, 2.45) is 0 Å². The van der Waals surface area contributed by atoms with Crippen molar-refractivity contribution in [3.05, 3.63) is 46.2 Å². The predicted molar refractivity (Wildman–Crippen MR) is 121 cm³/mol. The smallest absolute Gasteiger partial charge is 0.253 e. The third-order valence-electron chi connectivity index (χ3n) is 5.35. The van der Waals surface area contributed by atoms with Crippen molar-refractivity contribution in [3.63, 3.8) is 0 Å². The van der Waals surface area contributed by atoms with Gasteiger partial charge >= 0.3 is 0 Å². The van der Waals surface area contributed by atoms with Crippen molar-refractivity contribution in [3.8, 4) is 0 Å². The van der Waals surface area contributed by atoms with Crippen molar-refractivity contribution in [1.82, 2.24) is 9.62 Å². The molecule has 1 aromatic carbocycles. The van der Waals surface area contributed by atoms with E-state index in [1.165, 1.54) is 24.1 Å². The molecule has 2 aliphatic heterocycles. The molecule has 3 heterocycles. The number of carbonyl (C=O) groups is 1. The number of amides is 1. The van der Waals surface area contributed by atoms with Crippen molar-refractivity contribution < 1.29 is 9.53 Å². The van der Waals surface area contributed by atoms with Crippen molar-refractivity contribution in [2.75, 3.05) is 50.8 Å². The second kappa shape index (κ2) is 10.5. The first-order valence-electron chi connectivity index (χ1n) is 10.5. The Morgan fingerprint density at radius 3 is 2.69 bits per heavy atom. The van der Waals surface area contributed by atoms with Crippen molar-refractivity contribution >= 4 is 34.9 Å². The third kappa shape index (κ3) is 5.75. The van der Waals surface area contributed by atoms with Crippen LogP contribution in [0.2, 0.25) is 0 Å². The molecule has 1 aromatic heterocycles. The summed E-state index contributed by atoms with van der Waals surface area (Å²) in [4.78, 5) is 17.8. The molecule has 0 aliphatic carbocycles. The molecule has 29 heavy (non-hydrogen) atoms. The van der Waals surface area contributed by atoms with Gasteiger partial charge in [-0.3, -0.25) is 4.79 Å². The lowest BCUT2D eigenvalue weighted by Gasteiger charge is -2.31. The fourth-order valence-electron chi connectivity index (χ4n) is 3.79. The molecule has 2 aliphatic rings. The number of rotatable bonds is 7. The lowest BCUT2D eigenvalue weighted by Crippen LogP contribution is -2.38. The van der Waals surface area contributed by atoms with Crippen LogP contribution in [-0.4, -0.2) is 56.1 Å². The Bertz CT molecular complexity index is 785. The standard InChI is InChI=1S/C22H29N3O2S2/c26-22(23-9-8-18-5-4-16-28-18)20-17-19(29-25-10-2-1-3-11-25)6-7-21(20)24-12-14-27-15-13-24/h4-7,16-17H,1-3,8-15H2,(H,23,26). The fourth-order valence-corrected chi connectivity index (χ4v) is 5.54. The summed E-state index contributed by atoms with van der Waals surface area (Å²) in [5.41, 5.74) is 1.80. The number of nitrogens with zero attached hydrogens (tertiary/aromatic N) is 2. The Kier molecular flexibility index (Phi) is 7.49. The van der Waals surface area contributed by atoms with Crippen LogP contribution >= 0.6 is 23.3 Å². The summed E-state index contributed by atoms with van der Waals surface area (Å²) in [5.74, 6) is 0.0177. The van der Waals surface area contributed by atoms with Gasteiger partial charge in [-0.1, -0.05) is 12.5 Å². The van der Waals surface area contributed by atoms with Gasteiger partial charge in [0.05, 0.1) is 18.8 Å². The number of morpholine rings is 1. The zero-order valence-corrected chi connectivity index (χ0v) is 18.4. The number of benzene rings is 1. The molecule has 1 N–H and O–H groups in total. The number of thiophene rings is 1. The van der Waals surface area contributed by atoms with E-state index in [2.05, 4.69) is 50.2 Å². The van der Waals surface area contributed by atoms with Gasteiger partial charge in [-0.15, -0.1) is 11.3 Å². The average molecular weight is 432 g/mol. The number of ether oxygens (including phenoxy) is 1. The quantitative estimate of drug-likeness (QED) is 0.670. The fraction of sp³-hybridized carbons (Fsp3) is 0.500. The van der Waals surface area contributed by atoms with Gasteiger partial charge in [-0.2, -0.15) is 0 Å². The van der Waals surface area contributed by atoms with Gasteiger partial charge in [0.1, 0.15) is 0 Å². The van der Waals surface area contributed by atoms with Crippen LogP contribution in [0.3, 0.4) is 0 Å². The SMILES string of the molecule is O=C(NCCc1cccs1)c1cc(SN2CCCCC2)ccc1N1CCOCC1. The Hall–Kier alpha value is -1.54. The largest absolute Gasteiger partial charge is 0.378 e. The molecule has 0 unspecified atom stereocenters. The molecule has 0 bridgehead atoms. The van der Waals surface area contributed by atoms with Gasteiger partial charge in [0.2, 0.25) is 0 Å². The molecule has 0 saturated carbocycles. The van der Waals surface area contributed by atoms with Gasteiger partial charge in [0.25, 0.3) is 5.91 Å². The highest BCUT2D eigenvalue weighted by Crippen LogP contribution is 2.31. The molecular weight excluding hydrogens is 402 g/mol. The summed E-state index contributed by atoms with van der Waals surface area (Å²) in [6, 6.07) is 10.5. The van der Waals surface area contributed by atoms with E-state index in [1.54, 1.807) is 23.3 Å². The topological polar surface area (TPSA) is 44.8 Å². The second-order valence-corrected chi connectivity index (χ2v) is 9.65. The number of carbonyl (C=O) groups excluding carboxylic acids is 1. The summed E-state index contributed by atoms with van der Waals surface area (Å²) in [6.07, 6.45) is 4.72. The molecule has 2 aromatic rings. The number of hydrogen-bond acceptors (Lipinski definition) is 6.